The highest BCUT2D eigenvalue weighted by atomic mass is 79.9. The van der Waals surface area contributed by atoms with Crippen LogP contribution in [0, 0.1) is 0 Å². The monoisotopic (exact) mass is 328 g/mol. The van der Waals surface area contributed by atoms with E-state index in [-0.39, 0.29) is 0 Å². The van der Waals surface area contributed by atoms with Gasteiger partial charge in [0.15, 0.2) is 5.13 Å². The van der Waals surface area contributed by atoms with E-state index < -0.39 is 0 Å². The molecule has 0 fully saturated rings. The molecule has 0 radical (unpaired) electrons. The summed E-state index contributed by atoms with van der Waals surface area (Å²) in [7, 11) is 0. The second-order valence-electron chi connectivity index (χ2n) is 4.12. The molecular weight excluding hydrogens is 320 g/mol. The van der Waals surface area contributed by atoms with E-state index in [1.807, 2.05) is 12.1 Å². The molecule has 0 saturated carbocycles. The van der Waals surface area contributed by atoms with Crippen LogP contribution in [0.5, 0.6) is 0 Å². The lowest BCUT2D eigenvalue weighted by Crippen LogP contribution is -1.95. The molecule has 0 saturated heterocycles. The first-order chi connectivity index (χ1) is 8.15. The number of nitrogens with two attached hydrogens (primary N) is 1. The lowest BCUT2D eigenvalue weighted by molar-refractivity contribution is 0.790. The predicted molar refractivity (Wildman–Crippen MR) is 75.8 cm³/mol. The highest BCUT2D eigenvalue weighted by molar-refractivity contribution is 9.10. The fourth-order valence-electron chi connectivity index (χ4n) is 2.32. The number of nitrogens with zero attached hydrogens (tertiary/aromatic N) is 1. The fraction of sp³-hybridized carbons (Fsp3) is 0.250. The van der Waals surface area contributed by atoms with E-state index in [4.69, 9.17) is 17.3 Å². The van der Waals surface area contributed by atoms with Crippen molar-refractivity contribution in [3.05, 3.63) is 43.8 Å². The summed E-state index contributed by atoms with van der Waals surface area (Å²) in [5, 5.41) is 1.48. The zero-order chi connectivity index (χ0) is 12.0. The zero-order valence-electron chi connectivity index (χ0n) is 8.91. The van der Waals surface area contributed by atoms with Gasteiger partial charge in [0.2, 0.25) is 0 Å². The molecule has 1 aromatic carbocycles. The molecule has 1 heterocycles. The Morgan fingerprint density at radius 3 is 3.12 bits per heavy atom. The molecular formula is C12H10BrClN2S. The average molecular weight is 330 g/mol. The maximum atomic E-state index is 6.28. The molecule has 1 aliphatic rings. The van der Waals surface area contributed by atoms with Gasteiger partial charge in [-0.1, -0.05) is 27.5 Å². The molecule has 0 bridgehead atoms. The predicted octanol–water partition coefficient (Wildman–Crippen LogP) is 4.22. The minimum atomic E-state index is 0.352. The van der Waals surface area contributed by atoms with Crippen molar-refractivity contribution in [3.63, 3.8) is 0 Å². The van der Waals surface area contributed by atoms with Crippen LogP contribution in [0.15, 0.2) is 22.7 Å². The molecule has 1 aromatic heterocycles. The fourth-order valence-corrected chi connectivity index (χ4v) is 3.99. The Hall–Kier alpha value is -0.580. The van der Waals surface area contributed by atoms with Gasteiger partial charge in [-0.3, -0.25) is 0 Å². The third-order valence-corrected chi connectivity index (χ3v) is 4.94. The largest absolute Gasteiger partial charge is 0.375 e. The van der Waals surface area contributed by atoms with E-state index in [1.165, 1.54) is 10.4 Å². The topological polar surface area (TPSA) is 38.9 Å². The van der Waals surface area contributed by atoms with Crippen LogP contribution in [0.1, 0.15) is 28.5 Å². The van der Waals surface area contributed by atoms with Crippen LogP contribution < -0.4 is 5.73 Å². The third-order valence-electron chi connectivity index (χ3n) is 3.06. The molecule has 2 nitrogen and oxygen atoms in total. The Kier molecular flexibility index (Phi) is 2.89. The highest BCUT2D eigenvalue weighted by Gasteiger charge is 2.29. The molecule has 5 heteroatoms. The van der Waals surface area contributed by atoms with Crippen LogP contribution in [0.3, 0.4) is 0 Å². The number of thiazole rings is 1. The number of rotatable bonds is 1. The molecule has 1 aliphatic carbocycles. The van der Waals surface area contributed by atoms with Crippen molar-refractivity contribution in [1.29, 1.82) is 0 Å². The number of hydrogen-bond donors (Lipinski definition) is 1. The third kappa shape index (κ3) is 1.98. The van der Waals surface area contributed by atoms with Gasteiger partial charge in [-0.15, -0.1) is 11.3 Å². The standard InChI is InChI=1S/C12H10BrClN2S/c13-6-1-3-9(14)8(5-6)7-2-4-10-11(7)17-12(15)16-10/h1,3,5,7H,2,4H2,(H2,15,16). The van der Waals surface area contributed by atoms with E-state index in [9.17, 15) is 0 Å². The molecule has 0 spiro atoms. The van der Waals surface area contributed by atoms with Crippen molar-refractivity contribution >= 4 is 44.0 Å². The molecule has 0 aliphatic heterocycles. The first-order valence-electron chi connectivity index (χ1n) is 5.35. The Morgan fingerprint density at radius 1 is 1.47 bits per heavy atom. The quantitative estimate of drug-likeness (QED) is 0.851. The number of anilines is 1. The van der Waals surface area contributed by atoms with Gasteiger partial charge in [0.1, 0.15) is 0 Å². The lowest BCUT2D eigenvalue weighted by atomic mass is 9.98. The molecule has 2 aromatic rings. The zero-order valence-corrected chi connectivity index (χ0v) is 12.1. The summed E-state index contributed by atoms with van der Waals surface area (Å²) < 4.78 is 1.06. The van der Waals surface area contributed by atoms with Gasteiger partial charge in [0, 0.05) is 20.3 Å². The van der Waals surface area contributed by atoms with Gasteiger partial charge in [-0.25, -0.2) is 4.98 Å². The summed E-state index contributed by atoms with van der Waals surface area (Å²) in [6.07, 6.45) is 2.07. The minimum Gasteiger partial charge on any atom is -0.375 e. The molecule has 17 heavy (non-hydrogen) atoms. The first-order valence-corrected chi connectivity index (χ1v) is 7.34. The Morgan fingerprint density at radius 2 is 2.29 bits per heavy atom. The van der Waals surface area contributed by atoms with E-state index in [1.54, 1.807) is 11.3 Å². The van der Waals surface area contributed by atoms with Crippen molar-refractivity contribution in [3.8, 4) is 0 Å². The number of fused-ring (bicyclic) bond motifs is 1. The van der Waals surface area contributed by atoms with Gasteiger partial charge in [0.05, 0.1) is 5.69 Å². The minimum absolute atomic E-state index is 0.352. The van der Waals surface area contributed by atoms with Crippen molar-refractivity contribution in [1.82, 2.24) is 4.98 Å². The van der Waals surface area contributed by atoms with Crippen LogP contribution in [0.2, 0.25) is 5.02 Å². The maximum absolute atomic E-state index is 6.28. The Labute approximate surface area is 117 Å². The van der Waals surface area contributed by atoms with E-state index in [0.717, 1.165) is 28.0 Å². The van der Waals surface area contributed by atoms with E-state index in [2.05, 4.69) is 27.0 Å². The van der Waals surface area contributed by atoms with Crippen LogP contribution in [-0.2, 0) is 6.42 Å². The van der Waals surface area contributed by atoms with Gasteiger partial charge in [-0.2, -0.15) is 0 Å². The smallest absolute Gasteiger partial charge is 0.180 e. The lowest BCUT2D eigenvalue weighted by Gasteiger charge is -2.12. The SMILES string of the molecule is Nc1nc2c(s1)C(c1cc(Br)ccc1Cl)CC2. The summed E-state index contributed by atoms with van der Waals surface area (Å²) in [5.74, 6) is 0.352. The number of hydrogen-bond acceptors (Lipinski definition) is 3. The first kappa shape index (κ1) is 11.5. The van der Waals surface area contributed by atoms with Crippen LogP contribution in [0.4, 0.5) is 5.13 Å². The maximum Gasteiger partial charge on any atom is 0.180 e. The number of aromatic nitrogens is 1. The highest BCUT2D eigenvalue weighted by Crippen LogP contribution is 2.44. The van der Waals surface area contributed by atoms with Gasteiger partial charge in [-0.05, 0) is 36.6 Å². The van der Waals surface area contributed by atoms with Crippen LogP contribution in [0.25, 0.3) is 0 Å². The Balaban J connectivity index is 2.09. The molecule has 88 valence electrons. The van der Waals surface area contributed by atoms with Crippen molar-refractivity contribution in [2.75, 3.05) is 5.73 Å². The van der Waals surface area contributed by atoms with Gasteiger partial charge >= 0.3 is 0 Å². The number of benzene rings is 1. The molecule has 3 rings (SSSR count). The summed E-state index contributed by atoms with van der Waals surface area (Å²) in [5.41, 5.74) is 8.08. The molecule has 1 atom stereocenters. The summed E-state index contributed by atoms with van der Waals surface area (Å²) >= 11 is 11.4. The molecule has 2 N–H and O–H groups in total. The summed E-state index contributed by atoms with van der Waals surface area (Å²) in [6, 6.07) is 5.99. The number of aryl methyl sites for hydroxylation is 1. The number of nitrogen functional groups attached to an aromatic ring is 1. The van der Waals surface area contributed by atoms with Crippen molar-refractivity contribution in [2.45, 2.75) is 18.8 Å². The normalized spacial score (nSPS) is 18.4. The van der Waals surface area contributed by atoms with Gasteiger partial charge < -0.3 is 5.73 Å². The summed E-state index contributed by atoms with van der Waals surface area (Å²) in [4.78, 5) is 5.64. The van der Waals surface area contributed by atoms with E-state index in [0.29, 0.717) is 11.0 Å². The second-order valence-corrected chi connectivity index (χ2v) is 6.51. The van der Waals surface area contributed by atoms with Crippen LogP contribution in [-0.4, -0.2) is 4.98 Å². The number of halogens is 2. The second kappa shape index (κ2) is 4.26. The Bertz CT molecular complexity index is 582. The van der Waals surface area contributed by atoms with E-state index >= 15 is 0 Å². The van der Waals surface area contributed by atoms with Crippen molar-refractivity contribution in [2.24, 2.45) is 0 Å². The van der Waals surface area contributed by atoms with Crippen molar-refractivity contribution < 1.29 is 0 Å². The summed E-state index contributed by atoms with van der Waals surface area (Å²) in [6.45, 7) is 0. The average Bonchev–Trinajstić information content (AvgIpc) is 2.80. The van der Waals surface area contributed by atoms with Crippen LogP contribution >= 0.6 is 38.9 Å². The van der Waals surface area contributed by atoms with Gasteiger partial charge in [0.25, 0.3) is 0 Å². The molecule has 0 amide bonds. The molecule has 1 unspecified atom stereocenters.